The summed E-state index contributed by atoms with van der Waals surface area (Å²) in [7, 11) is 0. The van der Waals surface area contributed by atoms with Gasteiger partial charge in [-0.25, -0.2) is 4.79 Å². The first kappa shape index (κ1) is 15.3. The summed E-state index contributed by atoms with van der Waals surface area (Å²) >= 11 is 2.05. The van der Waals surface area contributed by atoms with Gasteiger partial charge in [0, 0.05) is 5.41 Å². The van der Waals surface area contributed by atoms with E-state index in [2.05, 4.69) is 0 Å². The first-order valence-corrected chi connectivity index (χ1v) is 7.70. The quantitative estimate of drug-likeness (QED) is 0.452. The molecular weight excluding hydrogens is 371 g/mol. The van der Waals surface area contributed by atoms with E-state index in [1.54, 1.807) is 0 Å². The van der Waals surface area contributed by atoms with Crippen LogP contribution in [0.5, 0.6) is 0 Å². The predicted molar refractivity (Wildman–Crippen MR) is 82.6 cm³/mol. The van der Waals surface area contributed by atoms with Crippen molar-refractivity contribution in [3.63, 3.8) is 0 Å². The molecule has 0 N–H and O–H groups in total. The fourth-order valence-electron chi connectivity index (χ4n) is 2.03. The monoisotopic (exact) mass is 388 g/mol. The lowest BCUT2D eigenvalue weighted by atomic mass is 9.90. The van der Waals surface area contributed by atoms with Crippen LogP contribution in [0.3, 0.4) is 0 Å². The highest BCUT2D eigenvalue weighted by Gasteiger charge is 2.47. The SMILES string of the molecule is CC1(C)COC(=O)[C@@H]1OC(=O)[C@H](I)Cc1ccccc1. The van der Waals surface area contributed by atoms with Crippen molar-refractivity contribution in [1.29, 1.82) is 0 Å². The van der Waals surface area contributed by atoms with Gasteiger partial charge in [-0.2, -0.15) is 0 Å². The molecule has 20 heavy (non-hydrogen) atoms. The molecule has 2 atom stereocenters. The molecule has 1 aliphatic heterocycles. The van der Waals surface area contributed by atoms with Gasteiger partial charge in [0.1, 0.15) is 10.5 Å². The fraction of sp³-hybridized carbons (Fsp3) is 0.467. The van der Waals surface area contributed by atoms with Crippen LogP contribution in [-0.2, 0) is 25.5 Å². The Morgan fingerprint density at radius 1 is 1.45 bits per heavy atom. The summed E-state index contributed by atoms with van der Waals surface area (Å²) < 4.78 is 9.99. The number of carbonyl (C=O) groups excluding carboxylic acids is 2. The second-order valence-electron chi connectivity index (χ2n) is 5.57. The minimum absolute atomic E-state index is 0.286. The second-order valence-corrected chi connectivity index (χ2v) is 7.07. The maximum Gasteiger partial charge on any atom is 0.348 e. The summed E-state index contributed by atoms with van der Waals surface area (Å²) in [6.45, 7) is 4.00. The summed E-state index contributed by atoms with van der Waals surface area (Å²) in [6, 6.07) is 9.73. The van der Waals surface area contributed by atoms with Gasteiger partial charge in [0.2, 0.25) is 6.10 Å². The van der Waals surface area contributed by atoms with E-state index in [4.69, 9.17) is 9.47 Å². The molecule has 4 nitrogen and oxygen atoms in total. The molecule has 0 aliphatic carbocycles. The summed E-state index contributed by atoms with van der Waals surface area (Å²) in [5.74, 6) is -0.821. The van der Waals surface area contributed by atoms with Gasteiger partial charge in [-0.15, -0.1) is 0 Å². The third kappa shape index (κ3) is 3.50. The van der Waals surface area contributed by atoms with E-state index in [-0.39, 0.29) is 16.5 Å². The molecule has 1 aliphatic rings. The summed E-state index contributed by atoms with van der Waals surface area (Å²) in [5, 5.41) is 0. The van der Waals surface area contributed by atoms with Gasteiger partial charge in [-0.1, -0.05) is 66.8 Å². The molecule has 0 spiro atoms. The Kier molecular flexibility index (Phi) is 4.67. The average Bonchev–Trinajstić information content (AvgIpc) is 2.66. The van der Waals surface area contributed by atoms with Crippen molar-refractivity contribution in [1.82, 2.24) is 0 Å². The zero-order valence-electron chi connectivity index (χ0n) is 11.5. The number of hydrogen-bond donors (Lipinski definition) is 0. The van der Waals surface area contributed by atoms with Crippen LogP contribution in [0.1, 0.15) is 19.4 Å². The Hall–Kier alpha value is -1.11. The molecule has 0 aromatic heterocycles. The number of benzene rings is 1. The molecule has 0 saturated carbocycles. The Morgan fingerprint density at radius 3 is 2.65 bits per heavy atom. The van der Waals surface area contributed by atoms with Crippen molar-refractivity contribution in [2.24, 2.45) is 5.41 Å². The van der Waals surface area contributed by atoms with Crippen molar-refractivity contribution in [3.8, 4) is 0 Å². The molecule has 108 valence electrons. The molecule has 2 rings (SSSR count). The van der Waals surface area contributed by atoms with Gasteiger partial charge in [0.25, 0.3) is 0 Å². The van der Waals surface area contributed by atoms with E-state index in [1.807, 2.05) is 66.8 Å². The summed E-state index contributed by atoms with van der Waals surface area (Å²) in [6.07, 6.45) is -0.217. The Morgan fingerprint density at radius 2 is 2.10 bits per heavy atom. The minimum Gasteiger partial charge on any atom is -0.462 e. The lowest BCUT2D eigenvalue weighted by molar-refractivity contribution is -0.162. The number of cyclic esters (lactones) is 1. The van der Waals surface area contributed by atoms with Gasteiger partial charge in [0.05, 0.1) is 0 Å². The number of hydrogen-bond acceptors (Lipinski definition) is 4. The van der Waals surface area contributed by atoms with Crippen molar-refractivity contribution in [2.75, 3.05) is 6.61 Å². The van der Waals surface area contributed by atoms with Gasteiger partial charge in [-0.05, 0) is 12.0 Å². The lowest BCUT2D eigenvalue weighted by Gasteiger charge is -2.22. The van der Waals surface area contributed by atoms with Gasteiger partial charge >= 0.3 is 11.9 Å². The Labute approximate surface area is 132 Å². The first-order chi connectivity index (χ1) is 9.40. The number of carbonyl (C=O) groups is 2. The van der Waals surface area contributed by atoms with Gasteiger partial charge in [0.15, 0.2) is 0 Å². The Bertz CT molecular complexity index is 498. The van der Waals surface area contributed by atoms with Crippen LogP contribution in [0.4, 0.5) is 0 Å². The standard InChI is InChI=1S/C15H17IO4/c1-15(2)9-19-14(18)12(15)20-13(17)11(16)8-10-6-4-3-5-7-10/h3-7,11-12H,8-9H2,1-2H3/t11-,12+/m1/s1. The van der Waals surface area contributed by atoms with Crippen LogP contribution in [0, 0.1) is 5.41 Å². The number of alkyl halides is 1. The zero-order chi connectivity index (χ0) is 14.8. The van der Waals surface area contributed by atoms with Crippen LogP contribution in [0.2, 0.25) is 0 Å². The van der Waals surface area contributed by atoms with E-state index >= 15 is 0 Å². The highest BCUT2D eigenvalue weighted by Crippen LogP contribution is 2.31. The van der Waals surface area contributed by atoms with E-state index in [9.17, 15) is 9.59 Å². The molecular formula is C15H17IO4. The molecule has 1 heterocycles. The molecule has 1 saturated heterocycles. The maximum absolute atomic E-state index is 12.1. The third-order valence-electron chi connectivity index (χ3n) is 3.26. The van der Waals surface area contributed by atoms with Crippen molar-refractivity contribution >= 4 is 34.5 Å². The summed E-state index contributed by atoms with van der Waals surface area (Å²) in [5.41, 5.74) is 0.604. The molecule has 1 aromatic carbocycles. The average molecular weight is 388 g/mol. The van der Waals surface area contributed by atoms with E-state index in [0.717, 1.165) is 5.56 Å². The van der Waals surface area contributed by atoms with Crippen molar-refractivity contribution < 1.29 is 19.1 Å². The lowest BCUT2D eigenvalue weighted by Crippen LogP contribution is -2.37. The topological polar surface area (TPSA) is 52.6 Å². The van der Waals surface area contributed by atoms with E-state index < -0.39 is 17.5 Å². The minimum atomic E-state index is -0.803. The summed E-state index contributed by atoms with van der Waals surface area (Å²) in [4.78, 5) is 23.7. The van der Waals surface area contributed by atoms with Crippen LogP contribution < -0.4 is 0 Å². The normalized spacial score (nSPS) is 22.1. The molecule has 1 fully saturated rings. The second kappa shape index (κ2) is 6.11. The van der Waals surface area contributed by atoms with Gasteiger partial charge < -0.3 is 9.47 Å². The van der Waals surface area contributed by atoms with E-state index in [0.29, 0.717) is 6.42 Å². The van der Waals surface area contributed by atoms with Crippen LogP contribution >= 0.6 is 22.6 Å². The largest absolute Gasteiger partial charge is 0.462 e. The number of ether oxygens (including phenoxy) is 2. The molecule has 0 bridgehead atoms. The third-order valence-corrected chi connectivity index (χ3v) is 4.21. The smallest absolute Gasteiger partial charge is 0.348 e. The number of rotatable bonds is 4. The highest BCUT2D eigenvalue weighted by atomic mass is 127. The molecule has 5 heteroatoms. The molecule has 0 amide bonds. The highest BCUT2D eigenvalue weighted by molar-refractivity contribution is 14.1. The molecule has 0 radical (unpaired) electrons. The Balaban J connectivity index is 1.96. The fourth-order valence-corrected chi connectivity index (χ4v) is 2.68. The molecule has 1 aromatic rings. The van der Waals surface area contributed by atoms with Crippen LogP contribution in [0.25, 0.3) is 0 Å². The number of halogens is 1. The van der Waals surface area contributed by atoms with Crippen LogP contribution in [-0.4, -0.2) is 28.6 Å². The first-order valence-electron chi connectivity index (χ1n) is 6.45. The predicted octanol–water partition coefficient (Wildman–Crippen LogP) is 2.53. The maximum atomic E-state index is 12.1. The van der Waals surface area contributed by atoms with E-state index in [1.165, 1.54) is 0 Å². The van der Waals surface area contributed by atoms with Crippen LogP contribution in [0.15, 0.2) is 30.3 Å². The van der Waals surface area contributed by atoms with Crippen molar-refractivity contribution in [3.05, 3.63) is 35.9 Å². The van der Waals surface area contributed by atoms with Gasteiger partial charge in [-0.3, -0.25) is 4.79 Å². The zero-order valence-corrected chi connectivity index (χ0v) is 13.6. The number of esters is 2. The van der Waals surface area contributed by atoms with Crippen molar-refractivity contribution in [2.45, 2.75) is 30.3 Å². The molecule has 0 unspecified atom stereocenters.